The highest BCUT2D eigenvalue weighted by Crippen LogP contribution is 2.32. The van der Waals surface area contributed by atoms with Crippen molar-refractivity contribution in [3.05, 3.63) is 76.4 Å². The van der Waals surface area contributed by atoms with Gasteiger partial charge in [0, 0.05) is 6.08 Å². The number of nitrogens with one attached hydrogen (secondary N) is 2. The van der Waals surface area contributed by atoms with Crippen LogP contribution in [0.4, 0.5) is 5.69 Å². The van der Waals surface area contributed by atoms with Crippen LogP contribution in [0, 0.1) is 13.8 Å². The minimum Gasteiger partial charge on any atom is -0.450 e. The van der Waals surface area contributed by atoms with E-state index in [1.165, 1.54) is 23.5 Å². The number of amidine groups is 1. The molecule has 2 aromatic heterocycles. The lowest BCUT2D eigenvalue weighted by atomic mass is 10.1. The summed E-state index contributed by atoms with van der Waals surface area (Å²) in [6, 6.07) is 17.5. The van der Waals surface area contributed by atoms with Crippen LogP contribution in [0.25, 0.3) is 17.1 Å². The molecule has 1 aliphatic heterocycles. The molecule has 5 rings (SSSR count). The molecule has 1 fully saturated rings. The average molecular weight is 447 g/mol. The van der Waals surface area contributed by atoms with Crippen molar-refractivity contribution in [3.8, 4) is 0 Å². The monoisotopic (exact) mass is 446 g/mol. The number of amides is 1. The maximum Gasteiger partial charge on any atom is 0.264 e. The van der Waals surface area contributed by atoms with Crippen molar-refractivity contribution in [2.45, 2.75) is 24.1 Å². The summed E-state index contributed by atoms with van der Waals surface area (Å²) in [6.45, 7) is 4.07. The Morgan fingerprint density at radius 3 is 2.84 bits per heavy atom. The third-order valence-electron chi connectivity index (χ3n) is 4.89. The third-order valence-corrected chi connectivity index (χ3v) is 6.61. The summed E-state index contributed by atoms with van der Waals surface area (Å²) in [5.41, 5.74) is 5.01. The number of rotatable bonds is 4. The lowest BCUT2D eigenvalue weighted by molar-refractivity contribution is -0.115. The summed E-state index contributed by atoms with van der Waals surface area (Å²) in [5, 5.41) is 4.84. The Bertz CT molecular complexity index is 1330. The van der Waals surface area contributed by atoms with Gasteiger partial charge in [-0.1, -0.05) is 24.3 Å². The Morgan fingerprint density at radius 1 is 1.10 bits per heavy atom. The number of para-hydroxylation sites is 2. The van der Waals surface area contributed by atoms with Crippen molar-refractivity contribution in [3.63, 3.8) is 0 Å². The number of benzene rings is 2. The van der Waals surface area contributed by atoms with Crippen LogP contribution >= 0.6 is 23.5 Å². The Morgan fingerprint density at radius 2 is 1.97 bits per heavy atom. The van der Waals surface area contributed by atoms with Gasteiger partial charge < -0.3 is 14.7 Å². The zero-order valence-corrected chi connectivity index (χ0v) is 18.4. The van der Waals surface area contributed by atoms with E-state index in [1.54, 1.807) is 6.08 Å². The number of fused-ring (bicyclic) bond motifs is 1. The van der Waals surface area contributed by atoms with Crippen molar-refractivity contribution < 1.29 is 9.21 Å². The first-order valence-corrected chi connectivity index (χ1v) is 11.3. The summed E-state index contributed by atoms with van der Waals surface area (Å²) in [4.78, 5) is 25.3. The molecule has 4 aromatic rings. The second-order valence-electron chi connectivity index (χ2n) is 7.02. The number of aryl methyl sites for hydroxylation is 1. The summed E-state index contributed by atoms with van der Waals surface area (Å²) in [7, 11) is 0. The number of carbonyl (C=O) groups excluding carboxylic acids is 1. The molecule has 3 heterocycles. The fraction of sp³-hybridized carbons (Fsp3) is 0.0870. The van der Waals surface area contributed by atoms with Crippen molar-refractivity contribution in [2.75, 3.05) is 0 Å². The third kappa shape index (κ3) is 4.17. The first kappa shape index (κ1) is 19.7. The van der Waals surface area contributed by atoms with Crippen LogP contribution in [0.3, 0.4) is 0 Å². The van der Waals surface area contributed by atoms with Crippen molar-refractivity contribution in [1.29, 1.82) is 0 Å². The number of aromatic amines is 1. The molecule has 154 valence electrons. The van der Waals surface area contributed by atoms with Crippen molar-refractivity contribution in [1.82, 2.24) is 15.3 Å². The van der Waals surface area contributed by atoms with Gasteiger partial charge in [-0.25, -0.2) is 9.98 Å². The Labute approximate surface area is 187 Å². The van der Waals surface area contributed by atoms with E-state index in [0.717, 1.165) is 33.0 Å². The quantitative estimate of drug-likeness (QED) is 0.386. The molecule has 0 atom stereocenters. The van der Waals surface area contributed by atoms with Crippen molar-refractivity contribution in [2.24, 2.45) is 4.99 Å². The van der Waals surface area contributed by atoms with Gasteiger partial charge in [0.05, 0.1) is 21.6 Å². The van der Waals surface area contributed by atoms with Crippen molar-refractivity contribution >= 4 is 57.4 Å². The lowest BCUT2D eigenvalue weighted by Crippen LogP contribution is -2.19. The standard InChI is InChI=1S/C23H18N4O2S2/c1-13-6-5-9-16(14(13)2)24-23-27-21(28)19(30-23)12-15-10-11-20(29-15)31-22-25-17-7-3-4-8-18(17)26-22/h3-12H,1-2H3,(H,25,26)(H,24,27,28)/b19-12-. The van der Waals surface area contributed by atoms with E-state index in [0.29, 0.717) is 20.9 Å². The number of thioether (sulfide) groups is 1. The second kappa shape index (κ2) is 8.13. The van der Waals surface area contributed by atoms with Gasteiger partial charge in [-0.2, -0.15) is 0 Å². The number of imidazole rings is 1. The zero-order valence-electron chi connectivity index (χ0n) is 16.8. The number of aliphatic imine (C=N–C) groups is 1. The molecule has 31 heavy (non-hydrogen) atoms. The zero-order chi connectivity index (χ0) is 21.4. The lowest BCUT2D eigenvalue weighted by Gasteiger charge is -2.04. The molecule has 0 unspecified atom stereocenters. The maximum absolute atomic E-state index is 12.4. The number of H-pyrrole nitrogens is 1. The summed E-state index contributed by atoms with van der Waals surface area (Å²) < 4.78 is 5.88. The topological polar surface area (TPSA) is 83.3 Å². The normalized spacial score (nSPS) is 16.5. The van der Waals surface area contributed by atoms with Crippen LogP contribution in [0.1, 0.15) is 16.9 Å². The second-order valence-corrected chi connectivity index (χ2v) is 9.04. The van der Waals surface area contributed by atoms with Gasteiger partial charge in [-0.15, -0.1) is 0 Å². The van der Waals surface area contributed by atoms with E-state index in [-0.39, 0.29) is 5.91 Å². The van der Waals surface area contributed by atoms with E-state index in [1.807, 2.05) is 68.4 Å². The molecule has 0 radical (unpaired) electrons. The van der Waals surface area contributed by atoms with Crippen LogP contribution in [-0.2, 0) is 4.79 Å². The maximum atomic E-state index is 12.4. The Kier molecular flexibility index (Phi) is 5.17. The molecule has 1 amide bonds. The molecule has 1 aliphatic rings. The number of aromatic nitrogens is 2. The van der Waals surface area contributed by atoms with Gasteiger partial charge in [-0.05, 0) is 78.8 Å². The number of carbonyl (C=O) groups is 1. The molecule has 6 nitrogen and oxygen atoms in total. The molecule has 0 bridgehead atoms. The summed E-state index contributed by atoms with van der Waals surface area (Å²) in [5.74, 6) is 0.418. The Balaban J connectivity index is 1.33. The first-order valence-electron chi connectivity index (χ1n) is 9.63. The van der Waals surface area contributed by atoms with Crippen LogP contribution in [0.15, 0.2) is 79.2 Å². The highest BCUT2D eigenvalue weighted by Gasteiger charge is 2.24. The van der Waals surface area contributed by atoms with Crippen LogP contribution in [-0.4, -0.2) is 21.0 Å². The summed E-state index contributed by atoms with van der Waals surface area (Å²) >= 11 is 2.71. The SMILES string of the molecule is Cc1cccc(N=C2NC(=O)/C(=C/c3ccc(Sc4nc5ccccc5[nH]4)o3)S2)c1C. The van der Waals surface area contributed by atoms with E-state index >= 15 is 0 Å². The molecule has 0 aliphatic carbocycles. The molecule has 2 N–H and O–H groups in total. The minimum absolute atomic E-state index is 0.183. The van der Waals surface area contributed by atoms with E-state index in [9.17, 15) is 4.79 Å². The first-order chi connectivity index (χ1) is 15.0. The molecular weight excluding hydrogens is 428 g/mol. The van der Waals surface area contributed by atoms with Gasteiger partial charge in [0.25, 0.3) is 5.91 Å². The fourth-order valence-electron chi connectivity index (χ4n) is 3.12. The van der Waals surface area contributed by atoms with Crippen LogP contribution in [0.2, 0.25) is 0 Å². The van der Waals surface area contributed by atoms with Gasteiger partial charge in [-0.3, -0.25) is 4.79 Å². The molecule has 1 saturated heterocycles. The Hall–Kier alpha value is -3.23. The van der Waals surface area contributed by atoms with E-state index in [2.05, 4.69) is 20.3 Å². The average Bonchev–Trinajstić information content (AvgIpc) is 3.45. The number of furan rings is 1. The summed E-state index contributed by atoms with van der Waals surface area (Å²) in [6.07, 6.45) is 1.73. The van der Waals surface area contributed by atoms with Crippen LogP contribution < -0.4 is 5.32 Å². The van der Waals surface area contributed by atoms with Crippen LogP contribution in [0.5, 0.6) is 0 Å². The molecule has 8 heteroatoms. The largest absolute Gasteiger partial charge is 0.450 e. The molecule has 0 spiro atoms. The number of hydrogen-bond donors (Lipinski definition) is 2. The predicted octanol–water partition coefficient (Wildman–Crippen LogP) is 5.82. The van der Waals surface area contributed by atoms with Gasteiger partial charge >= 0.3 is 0 Å². The molecule has 0 saturated carbocycles. The fourth-order valence-corrected chi connectivity index (χ4v) is 4.70. The number of nitrogens with zero attached hydrogens (tertiary/aromatic N) is 2. The predicted molar refractivity (Wildman–Crippen MR) is 126 cm³/mol. The van der Waals surface area contributed by atoms with Gasteiger partial charge in [0.2, 0.25) is 0 Å². The molecule has 2 aromatic carbocycles. The van der Waals surface area contributed by atoms with Gasteiger partial charge in [0.1, 0.15) is 5.76 Å². The highest BCUT2D eigenvalue weighted by atomic mass is 32.2. The van der Waals surface area contributed by atoms with Gasteiger partial charge in [0.15, 0.2) is 15.4 Å². The minimum atomic E-state index is -0.183. The van der Waals surface area contributed by atoms with E-state index in [4.69, 9.17) is 4.42 Å². The number of hydrogen-bond acceptors (Lipinski definition) is 6. The molecular formula is C23H18N4O2S2. The highest BCUT2D eigenvalue weighted by molar-refractivity contribution is 8.18. The smallest absolute Gasteiger partial charge is 0.264 e. The van der Waals surface area contributed by atoms with E-state index < -0.39 is 0 Å².